The van der Waals surface area contributed by atoms with Crippen molar-refractivity contribution in [2.75, 3.05) is 6.61 Å². The highest BCUT2D eigenvalue weighted by atomic mass is 32.2. The highest BCUT2D eigenvalue weighted by Crippen LogP contribution is 2.46. The maximum Gasteiger partial charge on any atom is 0.310 e. The number of hydrogen-bond donors (Lipinski definition) is 1. The van der Waals surface area contributed by atoms with Crippen LogP contribution in [0.25, 0.3) is 0 Å². The van der Waals surface area contributed by atoms with Crippen LogP contribution >= 0.6 is 0 Å². The normalized spacial score (nSPS) is 20.1. The van der Waals surface area contributed by atoms with Crippen molar-refractivity contribution >= 4 is 11.0 Å². The summed E-state index contributed by atoms with van der Waals surface area (Å²) >= 11 is 0. The fraction of sp³-hybridized carbons (Fsp3) is 0.571. The number of alkyl halides is 2. The van der Waals surface area contributed by atoms with E-state index in [0.717, 1.165) is 5.56 Å². The van der Waals surface area contributed by atoms with E-state index >= 15 is 0 Å². The van der Waals surface area contributed by atoms with Gasteiger partial charge in [-0.05, 0) is 37.8 Å². The Kier molecular flexibility index (Phi) is 3.90. The monoisotopic (exact) mass is 303 g/mol. The fourth-order valence-corrected chi connectivity index (χ4v) is 2.98. The van der Waals surface area contributed by atoms with Gasteiger partial charge >= 0.3 is 5.92 Å². The predicted molar refractivity (Wildman–Crippen MR) is 75.3 cm³/mol. The third-order valence-corrected chi connectivity index (χ3v) is 4.97. The molecule has 2 N–H and O–H groups in total. The van der Waals surface area contributed by atoms with Crippen LogP contribution < -0.4 is 9.88 Å². The number of halogens is 2. The van der Waals surface area contributed by atoms with Crippen LogP contribution in [0.5, 0.6) is 5.75 Å². The van der Waals surface area contributed by atoms with Crippen molar-refractivity contribution in [3.63, 3.8) is 0 Å². The number of benzene rings is 1. The molecule has 0 fully saturated rings. The van der Waals surface area contributed by atoms with Crippen LogP contribution in [0.4, 0.5) is 8.78 Å². The molecule has 2 atom stereocenters. The number of nitrogens with two attached hydrogens (primary N) is 1. The maximum atomic E-state index is 13.7. The van der Waals surface area contributed by atoms with Crippen molar-refractivity contribution in [2.24, 2.45) is 5.14 Å². The topological polar surface area (TPSA) is 52.3 Å². The summed E-state index contributed by atoms with van der Waals surface area (Å²) in [5.41, 5.74) is 0.659. The molecule has 0 saturated heterocycles. The average Bonchev–Trinajstić information content (AvgIpc) is 2.65. The molecule has 1 aromatic rings. The van der Waals surface area contributed by atoms with Gasteiger partial charge in [0, 0.05) is 0 Å². The van der Waals surface area contributed by atoms with Crippen molar-refractivity contribution < 1.29 is 17.7 Å². The number of ether oxygens (including phenoxy) is 1. The SMILES string of the molecule is C[C@@H](CC(C)(C)S(N)=O)c1cccc2c1OCC2(F)F. The first-order valence-electron chi connectivity index (χ1n) is 6.45. The fourth-order valence-electron chi connectivity index (χ4n) is 2.56. The van der Waals surface area contributed by atoms with Crippen LogP contribution in [-0.2, 0) is 16.9 Å². The second-order valence-corrected chi connectivity index (χ2v) is 7.58. The van der Waals surface area contributed by atoms with E-state index in [9.17, 15) is 13.0 Å². The third kappa shape index (κ3) is 2.72. The van der Waals surface area contributed by atoms with Crippen LogP contribution in [0.3, 0.4) is 0 Å². The molecule has 0 spiro atoms. The molecule has 1 unspecified atom stereocenters. The zero-order chi connectivity index (χ0) is 15.1. The lowest BCUT2D eigenvalue weighted by atomic mass is 9.89. The molecule has 0 amide bonds. The molecule has 1 aliphatic heterocycles. The number of rotatable bonds is 4. The second-order valence-electron chi connectivity index (χ2n) is 5.88. The average molecular weight is 303 g/mol. The maximum absolute atomic E-state index is 13.7. The molecule has 0 aliphatic carbocycles. The van der Waals surface area contributed by atoms with Crippen molar-refractivity contribution in [1.82, 2.24) is 0 Å². The number of fused-ring (bicyclic) bond motifs is 1. The van der Waals surface area contributed by atoms with Crippen LogP contribution in [0, 0.1) is 0 Å². The van der Waals surface area contributed by atoms with Crippen molar-refractivity contribution in [3.05, 3.63) is 29.3 Å². The summed E-state index contributed by atoms with van der Waals surface area (Å²) in [6.45, 7) is 4.90. The summed E-state index contributed by atoms with van der Waals surface area (Å²) in [5, 5.41) is 5.47. The van der Waals surface area contributed by atoms with Gasteiger partial charge in [0.25, 0.3) is 0 Å². The van der Waals surface area contributed by atoms with E-state index in [1.807, 2.05) is 6.92 Å². The molecule has 1 heterocycles. The zero-order valence-corrected chi connectivity index (χ0v) is 12.6. The molecular weight excluding hydrogens is 284 g/mol. The van der Waals surface area contributed by atoms with Gasteiger partial charge in [0.2, 0.25) is 0 Å². The summed E-state index contributed by atoms with van der Waals surface area (Å²) in [5.74, 6) is -2.73. The first-order valence-corrected chi connectivity index (χ1v) is 7.67. The molecule has 1 aliphatic rings. The van der Waals surface area contributed by atoms with Gasteiger partial charge in [0.1, 0.15) is 5.75 Å². The van der Waals surface area contributed by atoms with Gasteiger partial charge in [-0.2, -0.15) is 8.78 Å². The highest BCUT2D eigenvalue weighted by molar-refractivity contribution is 7.84. The molecule has 1 aromatic carbocycles. The first-order chi connectivity index (χ1) is 9.15. The predicted octanol–water partition coefficient (Wildman–Crippen LogP) is 3.07. The van der Waals surface area contributed by atoms with Crippen LogP contribution in [0.15, 0.2) is 18.2 Å². The summed E-state index contributed by atoms with van der Waals surface area (Å²) in [6.07, 6.45) is 0.529. The quantitative estimate of drug-likeness (QED) is 0.929. The Bertz CT molecular complexity index is 546. The summed E-state index contributed by atoms with van der Waals surface area (Å²) in [4.78, 5) is 0. The summed E-state index contributed by atoms with van der Waals surface area (Å²) in [7, 11) is -1.47. The van der Waals surface area contributed by atoms with Gasteiger partial charge in [-0.25, -0.2) is 4.21 Å². The molecule has 2 rings (SSSR count). The summed E-state index contributed by atoms with van der Waals surface area (Å²) in [6, 6.07) is 4.78. The lowest BCUT2D eigenvalue weighted by molar-refractivity contribution is -0.0214. The molecule has 0 bridgehead atoms. The Morgan fingerprint density at radius 1 is 1.50 bits per heavy atom. The van der Waals surface area contributed by atoms with Gasteiger partial charge in [0.15, 0.2) is 6.61 Å². The smallest absolute Gasteiger partial charge is 0.310 e. The van der Waals surface area contributed by atoms with E-state index < -0.39 is 28.3 Å². The van der Waals surface area contributed by atoms with E-state index in [4.69, 9.17) is 9.88 Å². The van der Waals surface area contributed by atoms with Gasteiger partial charge in [-0.3, -0.25) is 5.14 Å². The Morgan fingerprint density at radius 2 is 2.15 bits per heavy atom. The van der Waals surface area contributed by atoms with Gasteiger partial charge in [-0.1, -0.05) is 19.1 Å². The third-order valence-electron chi connectivity index (χ3n) is 3.71. The van der Waals surface area contributed by atoms with Crippen LogP contribution in [0.1, 0.15) is 44.2 Å². The molecule has 3 nitrogen and oxygen atoms in total. The van der Waals surface area contributed by atoms with E-state index in [1.165, 1.54) is 6.07 Å². The second kappa shape index (κ2) is 5.07. The van der Waals surface area contributed by atoms with Crippen LogP contribution in [0.2, 0.25) is 0 Å². The molecule has 112 valence electrons. The van der Waals surface area contributed by atoms with Crippen LogP contribution in [-0.4, -0.2) is 15.6 Å². The Hall–Kier alpha value is -1.01. The van der Waals surface area contributed by atoms with Crippen molar-refractivity contribution in [2.45, 2.75) is 43.8 Å². The van der Waals surface area contributed by atoms with Crippen molar-refractivity contribution in [1.29, 1.82) is 0 Å². The van der Waals surface area contributed by atoms with Gasteiger partial charge in [0.05, 0.1) is 21.3 Å². The molecule has 0 saturated carbocycles. The van der Waals surface area contributed by atoms with Gasteiger partial charge < -0.3 is 4.74 Å². The van der Waals surface area contributed by atoms with E-state index in [2.05, 4.69) is 0 Å². The van der Waals surface area contributed by atoms with E-state index in [1.54, 1.807) is 26.0 Å². The molecule has 0 aromatic heterocycles. The first kappa shape index (κ1) is 15.4. The molecular formula is C14H19F2NO2S. The lowest BCUT2D eigenvalue weighted by Crippen LogP contribution is -2.33. The zero-order valence-electron chi connectivity index (χ0n) is 11.8. The standard InChI is InChI=1S/C14H19F2NO2S/c1-9(7-13(2,3)20(17)18)10-5-4-6-11-12(10)19-8-14(11,15)16/h4-6,9H,7-8,17H2,1-3H3/t9-,20?/m0/s1. The molecule has 6 heteroatoms. The lowest BCUT2D eigenvalue weighted by Gasteiger charge is -2.26. The minimum atomic E-state index is -2.93. The number of para-hydroxylation sites is 1. The summed E-state index contributed by atoms with van der Waals surface area (Å²) < 4.78 is 43.4. The van der Waals surface area contributed by atoms with E-state index in [-0.39, 0.29) is 17.2 Å². The Labute approximate surface area is 120 Å². The van der Waals surface area contributed by atoms with E-state index in [0.29, 0.717) is 6.42 Å². The molecule has 0 radical (unpaired) electrons. The molecule has 20 heavy (non-hydrogen) atoms. The van der Waals surface area contributed by atoms with Gasteiger partial charge in [-0.15, -0.1) is 0 Å². The Balaban J connectivity index is 2.32. The number of hydrogen-bond acceptors (Lipinski definition) is 2. The van der Waals surface area contributed by atoms with Crippen molar-refractivity contribution in [3.8, 4) is 5.75 Å². The largest absolute Gasteiger partial charge is 0.486 e. The minimum Gasteiger partial charge on any atom is -0.486 e. The Morgan fingerprint density at radius 3 is 2.75 bits per heavy atom. The minimum absolute atomic E-state index is 0.0615. The highest BCUT2D eigenvalue weighted by Gasteiger charge is 2.43.